The van der Waals surface area contributed by atoms with Crippen LogP contribution in [0.1, 0.15) is 33.6 Å². The molecule has 0 heterocycles. The van der Waals surface area contributed by atoms with Crippen LogP contribution < -0.4 is 16.0 Å². The molecular formula is C19H33Cl2N3O2. The van der Waals surface area contributed by atoms with E-state index in [-0.39, 0.29) is 42.2 Å². The second kappa shape index (κ2) is 10.4. The van der Waals surface area contributed by atoms with Gasteiger partial charge in [-0.2, -0.15) is 0 Å². The summed E-state index contributed by atoms with van der Waals surface area (Å²) < 4.78 is 5.68. The fourth-order valence-corrected chi connectivity index (χ4v) is 3.31. The zero-order valence-corrected chi connectivity index (χ0v) is 17.8. The van der Waals surface area contributed by atoms with Crippen LogP contribution in [-0.2, 0) is 9.53 Å². The number of carbonyl (C=O) groups is 1. The fourth-order valence-electron chi connectivity index (χ4n) is 3.31. The number of ether oxygens (including phenoxy) is 1. The second-order valence-corrected chi connectivity index (χ2v) is 7.21. The van der Waals surface area contributed by atoms with E-state index in [1.165, 1.54) is 5.69 Å². The molecular weight excluding hydrogens is 373 g/mol. The van der Waals surface area contributed by atoms with Gasteiger partial charge in [0.25, 0.3) is 0 Å². The molecule has 1 aromatic rings. The van der Waals surface area contributed by atoms with E-state index >= 15 is 0 Å². The van der Waals surface area contributed by atoms with E-state index in [0.29, 0.717) is 19.6 Å². The molecule has 2 unspecified atom stereocenters. The molecule has 1 saturated carbocycles. The van der Waals surface area contributed by atoms with Crippen LogP contribution in [0, 0.1) is 5.41 Å². The first kappa shape index (κ1) is 25.0. The van der Waals surface area contributed by atoms with Gasteiger partial charge in [0.2, 0.25) is 5.91 Å². The average Bonchev–Trinajstić information content (AvgIpc) is 2.58. The van der Waals surface area contributed by atoms with Crippen LogP contribution >= 0.6 is 24.8 Å². The molecule has 7 heteroatoms. The summed E-state index contributed by atoms with van der Waals surface area (Å²) in [5.41, 5.74) is 6.38. The maximum Gasteiger partial charge on any atom is 0.240 e. The van der Waals surface area contributed by atoms with Gasteiger partial charge >= 0.3 is 0 Å². The molecule has 1 aliphatic carbocycles. The number of carbonyl (C=O) groups excluding carboxylic acids is 1. The highest BCUT2D eigenvalue weighted by Crippen LogP contribution is 2.49. The zero-order chi connectivity index (χ0) is 17.8. The molecule has 0 saturated heterocycles. The van der Waals surface area contributed by atoms with Crippen molar-refractivity contribution in [3.8, 4) is 0 Å². The van der Waals surface area contributed by atoms with E-state index in [2.05, 4.69) is 29.4 Å². The highest BCUT2D eigenvalue weighted by atomic mass is 35.5. The van der Waals surface area contributed by atoms with Crippen LogP contribution in [0.25, 0.3) is 0 Å². The van der Waals surface area contributed by atoms with Crippen molar-refractivity contribution >= 4 is 36.4 Å². The van der Waals surface area contributed by atoms with Crippen molar-refractivity contribution in [3.05, 3.63) is 30.3 Å². The largest absolute Gasteiger partial charge is 0.378 e. The van der Waals surface area contributed by atoms with E-state index in [0.717, 1.165) is 13.0 Å². The predicted molar refractivity (Wildman–Crippen MR) is 113 cm³/mol. The molecule has 1 amide bonds. The predicted octanol–water partition coefficient (Wildman–Crippen LogP) is 3.01. The molecule has 1 aromatic carbocycles. The molecule has 0 aliphatic heterocycles. The molecule has 26 heavy (non-hydrogen) atoms. The quantitative estimate of drug-likeness (QED) is 0.652. The van der Waals surface area contributed by atoms with Gasteiger partial charge in [0.05, 0.1) is 6.10 Å². The Morgan fingerprint density at radius 2 is 1.92 bits per heavy atom. The van der Waals surface area contributed by atoms with Crippen molar-refractivity contribution in [1.29, 1.82) is 0 Å². The molecule has 1 aliphatic rings. The van der Waals surface area contributed by atoms with Crippen molar-refractivity contribution in [3.63, 3.8) is 0 Å². The van der Waals surface area contributed by atoms with Gasteiger partial charge in [0, 0.05) is 44.3 Å². The molecule has 2 rings (SSSR count). The first-order valence-corrected chi connectivity index (χ1v) is 8.78. The molecule has 0 aromatic heterocycles. The van der Waals surface area contributed by atoms with E-state index in [9.17, 15) is 4.79 Å². The Morgan fingerprint density at radius 1 is 1.31 bits per heavy atom. The summed E-state index contributed by atoms with van der Waals surface area (Å²) in [6.45, 7) is 8.16. The minimum Gasteiger partial charge on any atom is -0.378 e. The minimum absolute atomic E-state index is 0. The van der Waals surface area contributed by atoms with Gasteiger partial charge in [0.1, 0.15) is 5.54 Å². The van der Waals surface area contributed by atoms with Crippen molar-refractivity contribution in [2.75, 3.05) is 31.6 Å². The lowest BCUT2D eigenvalue weighted by Crippen LogP contribution is -2.75. The first-order chi connectivity index (χ1) is 11.3. The summed E-state index contributed by atoms with van der Waals surface area (Å²) in [6.07, 6.45) is 1.52. The van der Waals surface area contributed by atoms with Gasteiger partial charge < -0.3 is 20.7 Å². The lowest BCUT2D eigenvalue weighted by Gasteiger charge is -2.57. The number of benzene rings is 1. The number of nitrogens with zero attached hydrogens (tertiary/aromatic N) is 1. The fraction of sp³-hybridized carbons (Fsp3) is 0.632. The number of nitrogens with one attached hydrogen (secondary N) is 1. The van der Waals surface area contributed by atoms with Crippen molar-refractivity contribution in [1.82, 2.24) is 5.32 Å². The second-order valence-electron chi connectivity index (χ2n) is 7.21. The van der Waals surface area contributed by atoms with Crippen LogP contribution in [0.3, 0.4) is 0 Å². The van der Waals surface area contributed by atoms with Gasteiger partial charge in [-0.05, 0) is 25.5 Å². The topological polar surface area (TPSA) is 67.6 Å². The van der Waals surface area contributed by atoms with E-state index in [1.807, 2.05) is 39.0 Å². The Kier molecular flexibility index (Phi) is 9.95. The monoisotopic (exact) mass is 405 g/mol. The number of amides is 1. The molecule has 0 radical (unpaired) electrons. The minimum atomic E-state index is -0.835. The summed E-state index contributed by atoms with van der Waals surface area (Å²) in [7, 11) is 2.06. The van der Waals surface area contributed by atoms with Crippen LogP contribution in [0.2, 0.25) is 0 Å². The maximum absolute atomic E-state index is 12.5. The van der Waals surface area contributed by atoms with E-state index in [4.69, 9.17) is 10.5 Å². The molecule has 0 spiro atoms. The van der Waals surface area contributed by atoms with Gasteiger partial charge in [0.15, 0.2) is 0 Å². The Labute approximate surface area is 169 Å². The summed E-state index contributed by atoms with van der Waals surface area (Å²) in [5, 5.41) is 3.00. The lowest BCUT2D eigenvalue weighted by atomic mass is 9.54. The molecule has 150 valence electrons. The Balaban J connectivity index is 0.00000312. The van der Waals surface area contributed by atoms with E-state index in [1.54, 1.807) is 0 Å². The normalized spacial score (nSPS) is 23.0. The third kappa shape index (κ3) is 5.03. The Morgan fingerprint density at radius 3 is 2.46 bits per heavy atom. The van der Waals surface area contributed by atoms with Crippen molar-refractivity contribution < 1.29 is 9.53 Å². The van der Waals surface area contributed by atoms with Crippen molar-refractivity contribution in [2.45, 2.75) is 45.3 Å². The zero-order valence-electron chi connectivity index (χ0n) is 16.2. The third-order valence-corrected chi connectivity index (χ3v) is 5.39. The number of anilines is 1. The third-order valence-electron chi connectivity index (χ3n) is 5.39. The van der Waals surface area contributed by atoms with E-state index < -0.39 is 5.54 Å². The highest BCUT2D eigenvalue weighted by Gasteiger charge is 2.62. The number of halogens is 2. The number of rotatable bonds is 8. The number of para-hydroxylation sites is 1. The van der Waals surface area contributed by atoms with Crippen LogP contribution in [0.5, 0.6) is 0 Å². The Bertz CT molecular complexity index is 557. The lowest BCUT2D eigenvalue weighted by molar-refractivity contribution is -0.170. The average molecular weight is 406 g/mol. The molecule has 0 bridgehead atoms. The van der Waals surface area contributed by atoms with Crippen LogP contribution in [0.4, 0.5) is 5.69 Å². The van der Waals surface area contributed by atoms with Gasteiger partial charge in [-0.15, -0.1) is 24.8 Å². The maximum atomic E-state index is 12.5. The summed E-state index contributed by atoms with van der Waals surface area (Å²) in [6, 6.07) is 10.2. The van der Waals surface area contributed by atoms with Gasteiger partial charge in [-0.1, -0.05) is 32.0 Å². The molecule has 2 atom stereocenters. The molecule has 3 N–H and O–H groups in total. The van der Waals surface area contributed by atoms with Gasteiger partial charge in [-0.25, -0.2) is 0 Å². The Hall–Kier alpha value is -1.01. The molecule has 5 nitrogen and oxygen atoms in total. The summed E-state index contributed by atoms with van der Waals surface area (Å²) >= 11 is 0. The van der Waals surface area contributed by atoms with Crippen molar-refractivity contribution in [2.24, 2.45) is 11.1 Å². The van der Waals surface area contributed by atoms with Crippen LogP contribution in [-0.4, -0.2) is 44.3 Å². The summed E-state index contributed by atoms with van der Waals surface area (Å²) in [4.78, 5) is 14.7. The van der Waals surface area contributed by atoms with Crippen LogP contribution in [0.15, 0.2) is 30.3 Å². The standard InChI is InChI=1S/C19H31N3O2.2ClH/c1-5-24-16-14-19(20,18(16,2)3)17(23)21-12-9-13-22(4)15-10-7-6-8-11-15;;/h6-8,10-11,16H,5,9,12-14,20H2,1-4H3,(H,21,23);2*1H. The number of hydrogen-bond donors (Lipinski definition) is 2. The smallest absolute Gasteiger partial charge is 0.240 e. The SMILES string of the molecule is CCOC1CC(N)(C(=O)NCCCN(C)c2ccccc2)C1(C)C.Cl.Cl. The van der Waals surface area contributed by atoms with Gasteiger partial charge in [-0.3, -0.25) is 4.79 Å². The highest BCUT2D eigenvalue weighted by molar-refractivity contribution is 5.88. The first-order valence-electron chi connectivity index (χ1n) is 8.78. The number of nitrogens with two attached hydrogens (primary N) is 1. The summed E-state index contributed by atoms with van der Waals surface area (Å²) in [5.74, 6) is -0.0641. The molecule has 1 fully saturated rings. The number of hydrogen-bond acceptors (Lipinski definition) is 4.